The molecule has 3 aliphatic rings. The fraction of sp³-hybridized carbons (Fsp3) is 0.160. The molecule has 1 N–H and O–H groups in total. The molecule has 8 heteroatoms. The molecule has 3 aliphatic heterocycles. The molecule has 6 rings (SSSR count). The fourth-order valence-corrected chi connectivity index (χ4v) is 4.27. The number of phenolic OH excluding ortho intramolecular Hbond substituents is 1. The van der Waals surface area contributed by atoms with Crippen molar-refractivity contribution in [3.8, 4) is 34.5 Å². The summed E-state index contributed by atoms with van der Waals surface area (Å²) in [5.74, 6) is 2.38. The maximum Gasteiger partial charge on any atom is 0.338 e. The molecule has 0 fully saturated rings. The summed E-state index contributed by atoms with van der Waals surface area (Å²) < 4.78 is 33.4. The van der Waals surface area contributed by atoms with E-state index in [0.29, 0.717) is 51.0 Å². The largest absolute Gasteiger partial charge is 0.508 e. The van der Waals surface area contributed by atoms with E-state index in [1.54, 1.807) is 36.4 Å². The number of ether oxygens (including phenoxy) is 6. The van der Waals surface area contributed by atoms with E-state index in [1.807, 2.05) is 12.1 Å². The number of hydrogen-bond acceptors (Lipinski definition) is 8. The standard InChI is InChI=1S/C25H18O8/c1-28-25(27)23-22(13-2-5-18-20(8-13)31-11-29-18)16-10-15(26)4-7-17(16)33-24(23)14-3-6-19-21(9-14)32-12-30-19/h2-10,24,26H,11-12H2,1H3. The monoisotopic (exact) mass is 446 g/mol. The minimum atomic E-state index is -0.788. The SMILES string of the molecule is COC(=O)C1=C(c2ccc3c(c2)OCO3)c2cc(O)ccc2OC1c1ccc2c(c1)OCO2. The minimum absolute atomic E-state index is 0.0429. The molecule has 0 radical (unpaired) electrons. The zero-order valence-corrected chi connectivity index (χ0v) is 17.5. The van der Waals surface area contributed by atoms with E-state index in [-0.39, 0.29) is 24.9 Å². The van der Waals surface area contributed by atoms with Gasteiger partial charge in [0.2, 0.25) is 13.6 Å². The summed E-state index contributed by atoms with van der Waals surface area (Å²) in [5.41, 5.74) is 2.80. The normalized spacial score (nSPS) is 17.4. The number of esters is 1. The number of fused-ring (bicyclic) bond motifs is 3. The van der Waals surface area contributed by atoms with Crippen LogP contribution in [-0.2, 0) is 9.53 Å². The Kier molecular flexibility index (Phi) is 4.33. The number of carbonyl (C=O) groups excluding carboxylic acids is 1. The first-order valence-electron chi connectivity index (χ1n) is 10.2. The van der Waals surface area contributed by atoms with Crippen molar-refractivity contribution in [1.29, 1.82) is 0 Å². The quantitative estimate of drug-likeness (QED) is 0.605. The third-order valence-corrected chi connectivity index (χ3v) is 5.77. The molecule has 0 amide bonds. The molecular formula is C25H18O8. The Morgan fingerprint density at radius 1 is 0.848 bits per heavy atom. The van der Waals surface area contributed by atoms with Gasteiger partial charge in [-0.2, -0.15) is 0 Å². The molecule has 33 heavy (non-hydrogen) atoms. The van der Waals surface area contributed by atoms with Crippen LogP contribution in [0.2, 0.25) is 0 Å². The van der Waals surface area contributed by atoms with Gasteiger partial charge in [-0.25, -0.2) is 4.79 Å². The van der Waals surface area contributed by atoms with Crippen LogP contribution in [0.5, 0.6) is 34.5 Å². The Labute approximate surface area is 188 Å². The van der Waals surface area contributed by atoms with Crippen LogP contribution in [0, 0.1) is 0 Å². The van der Waals surface area contributed by atoms with E-state index in [0.717, 1.165) is 0 Å². The average molecular weight is 446 g/mol. The van der Waals surface area contributed by atoms with Gasteiger partial charge in [0.25, 0.3) is 0 Å². The van der Waals surface area contributed by atoms with Crippen molar-refractivity contribution in [2.45, 2.75) is 6.10 Å². The summed E-state index contributed by atoms with van der Waals surface area (Å²) in [5, 5.41) is 10.2. The van der Waals surface area contributed by atoms with Crippen molar-refractivity contribution < 1.29 is 38.3 Å². The number of phenols is 1. The predicted molar refractivity (Wildman–Crippen MR) is 115 cm³/mol. The van der Waals surface area contributed by atoms with E-state index in [1.165, 1.54) is 13.2 Å². The van der Waals surface area contributed by atoms with E-state index in [9.17, 15) is 9.90 Å². The van der Waals surface area contributed by atoms with Crippen LogP contribution >= 0.6 is 0 Å². The van der Waals surface area contributed by atoms with E-state index >= 15 is 0 Å². The maximum absolute atomic E-state index is 13.2. The van der Waals surface area contributed by atoms with Crippen molar-refractivity contribution in [1.82, 2.24) is 0 Å². The fourth-order valence-electron chi connectivity index (χ4n) is 4.27. The second-order valence-electron chi connectivity index (χ2n) is 7.64. The maximum atomic E-state index is 13.2. The number of aromatic hydroxyl groups is 1. The molecule has 0 spiro atoms. The highest BCUT2D eigenvalue weighted by Gasteiger charge is 2.37. The number of rotatable bonds is 3. The van der Waals surface area contributed by atoms with Crippen LogP contribution in [-0.4, -0.2) is 31.8 Å². The molecular weight excluding hydrogens is 428 g/mol. The average Bonchev–Trinajstić information content (AvgIpc) is 3.50. The first-order valence-corrected chi connectivity index (χ1v) is 10.2. The summed E-state index contributed by atoms with van der Waals surface area (Å²) in [6.07, 6.45) is -0.788. The Morgan fingerprint density at radius 2 is 1.52 bits per heavy atom. The lowest BCUT2D eigenvalue weighted by Crippen LogP contribution is -2.24. The van der Waals surface area contributed by atoms with Crippen molar-refractivity contribution in [2.75, 3.05) is 20.7 Å². The van der Waals surface area contributed by atoms with Gasteiger partial charge in [0.05, 0.1) is 12.7 Å². The van der Waals surface area contributed by atoms with Gasteiger partial charge in [0.15, 0.2) is 29.1 Å². The first-order chi connectivity index (χ1) is 16.1. The van der Waals surface area contributed by atoms with Crippen LogP contribution in [0.1, 0.15) is 22.8 Å². The molecule has 3 heterocycles. The van der Waals surface area contributed by atoms with Gasteiger partial charge >= 0.3 is 5.97 Å². The van der Waals surface area contributed by atoms with Crippen LogP contribution < -0.4 is 23.7 Å². The molecule has 166 valence electrons. The molecule has 0 aliphatic carbocycles. The Balaban J connectivity index is 1.61. The topological polar surface area (TPSA) is 92.7 Å². The van der Waals surface area contributed by atoms with Crippen LogP contribution in [0.4, 0.5) is 0 Å². The van der Waals surface area contributed by atoms with Crippen molar-refractivity contribution in [3.05, 3.63) is 76.9 Å². The molecule has 3 aromatic rings. The summed E-state index contributed by atoms with van der Waals surface area (Å²) in [4.78, 5) is 13.2. The van der Waals surface area contributed by atoms with Crippen molar-refractivity contribution in [3.63, 3.8) is 0 Å². The highest BCUT2D eigenvalue weighted by Crippen LogP contribution is 2.49. The second-order valence-corrected chi connectivity index (χ2v) is 7.64. The highest BCUT2D eigenvalue weighted by atomic mass is 16.7. The predicted octanol–water partition coefficient (Wildman–Crippen LogP) is 3.96. The third kappa shape index (κ3) is 3.10. The first kappa shape index (κ1) is 19.4. The summed E-state index contributed by atoms with van der Waals surface area (Å²) in [7, 11) is 1.32. The molecule has 0 bridgehead atoms. The lowest BCUT2D eigenvalue weighted by atomic mass is 9.85. The van der Waals surface area contributed by atoms with Gasteiger partial charge in [-0.1, -0.05) is 12.1 Å². The van der Waals surface area contributed by atoms with Crippen molar-refractivity contribution >= 4 is 11.5 Å². The molecule has 1 atom stereocenters. The third-order valence-electron chi connectivity index (χ3n) is 5.77. The van der Waals surface area contributed by atoms with E-state index in [4.69, 9.17) is 28.4 Å². The number of carbonyl (C=O) groups is 1. The molecule has 1 unspecified atom stereocenters. The van der Waals surface area contributed by atoms with Gasteiger partial charge in [-0.15, -0.1) is 0 Å². The zero-order chi connectivity index (χ0) is 22.5. The van der Waals surface area contributed by atoms with Gasteiger partial charge < -0.3 is 33.5 Å². The van der Waals surface area contributed by atoms with Gasteiger partial charge in [-0.3, -0.25) is 0 Å². The minimum Gasteiger partial charge on any atom is -0.508 e. The molecule has 0 saturated carbocycles. The molecule has 8 nitrogen and oxygen atoms in total. The Morgan fingerprint density at radius 3 is 2.27 bits per heavy atom. The Hall–Kier alpha value is -4.33. The smallest absolute Gasteiger partial charge is 0.338 e. The Bertz CT molecular complexity index is 1330. The summed E-state index contributed by atoms with van der Waals surface area (Å²) >= 11 is 0. The summed E-state index contributed by atoms with van der Waals surface area (Å²) in [6.45, 7) is 0.260. The molecule has 0 aromatic heterocycles. The second kappa shape index (κ2) is 7.37. The molecule has 0 saturated heterocycles. The molecule has 3 aromatic carbocycles. The number of benzene rings is 3. The lowest BCUT2D eigenvalue weighted by molar-refractivity contribution is -0.137. The van der Waals surface area contributed by atoms with Crippen LogP contribution in [0.25, 0.3) is 5.57 Å². The van der Waals surface area contributed by atoms with Crippen LogP contribution in [0.3, 0.4) is 0 Å². The number of hydrogen-bond donors (Lipinski definition) is 1. The van der Waals surface area contributed by atoms with Gasteiger partial charge in [0, 0.05) is 16.7 Å². The zero-order valence-electron chi connectivity index (χ0n) is 17.5. The van der Waals surface area contributed by atoms with E-state index in [2.05, 4.69) is 0 Å². The van der Waals surface area contributed by atoms with Gasteiger partial charge in [-0.05, 0) is 48.0 Å². The van der Waals surface area contributed by atoms with Gasteiger partial charge in [0.1, 0.15) is 11.5 Å². The summed E-state index contributed by atoms with van der Waals surface area (Å²) in [6, 6.07) is 15.6. The highest BCUT2D eigenvalue weighted by molar-refractivity contribution is 6.05. The van der Waals surface area contributed by atoms with E-state index < -0.39 is 12.1 Å². The van der Waals surface area contributed by atoms with Crippen LogP contribution in [0.15, 0.2) is 60.2 Å². The van der Waals surface area contributed by atoms with Crippen molar-refractivity contribution in [2.24, 2.45) is 0 Å². The number of methoxy groups -OCH3 is 1. The lowest BCUT2D eigenvalue weighted by Gasteiger charge is -2.31.